The summed E-state index contributed by atoms with van der Waals surface area (Å²) in [5.41, 5.74) is 3.18. The molecule has 3 rings (SSSR count). The van der Waals surface area contributed by atoms with Crippen LogP contribution < -0.4 is 5.19 Å². The van der Waals surface area contributed by atoms with Crippen molar-refractivity contribution in [3.63, 3.8) is 0 Å². The normalized spacial score (nSPS) is 13.3. The Morgan fingerprint density at radius 1 is 0.870 bits per heavy atom. The molecule has 2 heteroatoms. The van der Waals surface area contributed by atoms with Gasteiger partial charge in [-0.05, 0) is 35.7 Å². The molecule has 23 heavy (non-hydrogen) atoms. The predicted molar refractivity (Wildman–Crippen MR) is 102 cm³/mol. The summed E-state index contributed by atoms with van der Waals surface area (Å²) < 4.78 is 17.1. The third-order valence-electron chi connectivity index (χ3n) is 3.85. The lowest BCUT2D eigenvalue weighted by Gasteiger charge is -2.17. The van der Waals surface area contributed by atoms with Crippen LogP contribution in [0.3, 0.4) is 0 Å². The summed E-state index contributed by atoms with van der Waals surface area (Å²) in [5.74, 6) is 0. The van der Waals surface area contributed by atoms with Crippen molar-refractivity contribution in [3.05, 3.63) is 84.1 Å². The molecule has 0 radical (unpaired) electrons. The molecule has 0 aliphatic rings. The smallest absolute Gasteiger partial charge is 0.0777 e. The number of nitrogens with zero attached hydrogens (tertiary/aromatic N) is 1. The van der Waals surface area contributed by atoms with Gasteiger partial charge in [0, 0.05) is 14.5 Å². The van der Waals surface area contributed by atoms with Gasteiger partial charge in [-0.3, -0.25) is 4.98 Å². The number of hydrogen-bond donors (Lipinski definition) is 0. The van der Waals surface area contributed by atoms with Gasteiger partial charge < -0.3 is 0 Å². The van der Waals surface area contributed by atoms with E-state index in [1.165, 1.54) is 5.19 Å². The van der Waals surface area contributed by atoms with Crippen LogP contribution in [0.4, 0.5) is 0 Å². The topological polar surface area (TPSA) is 12.9 Å². The summed E-state index contributed by atoms with van der Waals surface area (Å²) in [4.78, 5) is 4.52. The van der Waals surface area contributed by atoms with E-state index in [-0.39, 0.29) is 0 Å². The zero-order chi connectivity index (χ0) is 18.1. The van der Waals surface area contributed by atoms with Gasteiger partial charge >= 0.3 is 0 Å². The lowest BCUT2D eigenvalue weighted by atomic mass is 10.0. The Morgan fingerprint density at radius 3 is 2.35 bits per heavy atom. The molecule has 0 fully saturated rings. The second-order valence-corrected chi connectivity index (χ2v) is 11.8. The number of aromatic nitrogens is 1. The first-order chi connectivity index (χ1) is 11.8. The molecule has 0 unspecified atom stereocenters. The highest BCUT2D eigenvalue weighted by molar-refractivity contribution is 6.88. The number of benzene rings is 2. The molecule has 0 aliphatic heterocycles. The van der Waals surface area contributed by atoms with Crippen LogP contribution in [0.5, 0.6) is 0 Å². The molecule has 0 spiro atoms. The molecule has 0 saturated carbocycles. The maximum Gasteiger partial charge on any atom is 0.0777 e. The van der Waals surface area contributed by atoms with Crippen LogP contribution in [0.25, 0.3) is 11.3 Å². The van der Waals surface area contributed by atoms with Crippen molar-refractivity contribution in [2.24, 2.45) is 0 Å². The Morgan fingerprint density at radius 2 is 1.61 bits per heavy atom. The molecule has 1 nitrogen and oxygen atoms in total. The van der Waals surface area contributed by atoms with Gasteiger partial charge in [0.15, 0.2) is 0 Å². The van der Waals surface area contributed by atoms with Crippen LogP contribution in [0.2, 0.25) is 19.6 Å². The van der Waals surface area contributed by atoms with Crippen LogP contribution >= 0.6 is 0 Å². The monoisotopic (exact) mass is 319 g/mol. The van der Waals surface area contributed by atoms with Crippen molar-refractivity contribution in [3.8, 4) is 11.3 Å². The summed E-state index contributed by atoms with van der Waals surface area (Å²) in [5, 5.41) is 1.36. The Labute approximate surface area is 142 Å². The van der Waals surface area contributed by atoms with Gasteiger partial charge in [-0.15, -0.1) is 0 Å². The zero-order valence-corrected chi connectivity index (χ0v) is 14.9. The van der Waals surface area contributed by atoms with Crippen molar-refractivity contribution in [2.75, 3.05) is 0 Å². The number of rotatable bonds is 4. The molecule has 0 N–H and O–H groups in total. The van der Waals surface area contributed by atoms with Gasteiger partial charge in [0.05, 0.1) is 13.8 Å². The first-order valence-corrected chi connectivity index (χ1v) is 11.4. The minimum absolute atomic E-state index is 0.649. The van der Waals surface area contributed by atoms with Crippen LogP contribution in [0, 0.1) is 0 Å². The highest BCUT2D eigenvalue weighted by Crippen LogP contribution is 2.20. The van der Waals surface area contributed by atoms with Crippen molar-refractivity contribution >= 4 is 13.3 Å². The van der Waals surface area contributed by atoms with Crippen molar-refractivity contribution in [1.82, 2.24) is 4.98 Å². The summed E-state index contributed by atoms with van der Waals surface area (Å²) in [7, 11) is -1.41. The SMILES string of the molecule is [2H]C([2H])(c1ccccc1)c1cccc(-c2cc([Si](C)(C)C)ccn2)c1. The summed E-state index contributed by atoms with van der Waals surface area (Å²) in [6, 6.07) is 21.2. The molecule has 0 amide bonds. The fraction of sp³-hybridized carbons (Fsp3) is 0.190. The van der Waals surface area contributed by atoms with Gasteiger partial charge in [-0.1, -0.05) is 73.4 Å². The fourth-order valence-corrected chi connectivity index (χ4v) is 3.64. The van der Waals surface area contributed by atoms with Crippen molar-refractivity contribution in [2.45, 2.75) is 26.0 Å². The quantitative estimate of drug-likeness (QED) is 0.624. The maximum absolute atomic E-state index is 8.56. The number of pyridine rings is 1. The Balaban J connectivity index is 2.03. The van der Waals surface area contributed by atoms with Crippen molar-refractivity contribution in [1.29, 1.82) is 0 Å². The van der Waals surface area contributed by atoms with Crippen LogP contribution in [0.1, 0.15) is 13.9 Å². The van der Waals surface area contributed by atoms with Gasteiger partial charge in [-0.2, -0.15) is 0 Å². The van der Waals surface area contributed by atoms with E-state index in [1.807, 2.05) is 60.8 Å². The minimum Gasteiger partial charge on any atom is -0.256 e. The molecule has 2 aromatic carbocycles. The van der Waals surface area contributed by atoms with Crippen LogP contribution in [-0.4, -0.2) is 13.1 Å². The third-order valence-corrected chi connectivity index (χ3v) is 5.89. The molecular formula is C21H23NSi. The largest absolute Gasteiger partial charge is 0.256 e. The van der Waals surface area contributed by atoms with Gasteiger partial charge in [0.2, 0.25) is 0 Å². The van der Waals surface area contributed by atoms with E-state index in [4.69, 9.17) is 2.74 Å². The number of hydrogen-bond acceptors (Lipinski definition) is 1. The highest BCUT2D eigenvalue weighted by Gasteiger charge is 2.17. The molecule has 3 aromatic rings. The Bertz CT molecular complexity index is 870. The second kappa shape index (κ2) is 6.51. The first-order valence-electron chi connectivity index (χ1n) is 8.91. The molecule has 116 valence electrons. The average Bonchev–Trinajstić information content (AvgIpc) is 2.62. The van der Waals surface area contributed by atoms with Gasteiger partial charge in [0.1, 0.15) is 0 Å². The second-order valence-electron chi connectivity index (χ2n) is 6.75. The molecule has 1 aromatic heterocycles. The minimum atomic E-state index is -1.53. The standard InChI is InChI=1S/C21H23NSi/c1-23(2,3)20-12-13-22-21(16-20)19-11-7-10-18(15-19)14-17-8-5-4-6-9-17/h4-13,15-16H,14H2,1-3H3/i14D2. The van der Waals surface area contributed by atoms with E-state index in [2.05, 4.69) is 36.8 Å². The van der Waals surface area contributed by atoms with E-state index >= 15 is 0 Å². The van der Waals surface area contributed by atoms with Gasteiger partial charge in [-0.25, -0.2) is 0 Å². The Kier molecular flexibility index (Phi) is 3.75. The summed E-state index contributed by atoms with van der Waals surface area (Å²) >= 11 is 0. The first kappa shape index (κ1) is 13.3. The summed E-state index contributed by atoms with van der Waals surface area (Å²) in [6.45, 7) is 6.95. The van der Waals surface area contributed by atoms with Gasteiger partial charge in [0.25, 0.3) is 0 Å². The lowest BCUT2D eigenvalue weighted by molar-refractivity contribution is 1.19. The van der Waals surface area contributed by atoms with E-state index < -0.39 is 14.4 Å². The molecule has 0 saturated heterocycles. The molecular weight excluding hydrogens is 294 g/mol. The van der Waals surface area contributed by atoms with E-state index in [0.717, 1.165) is 11.3 Å². The molecule has 0 bridgehead atoms. The molecule has 0 atom stereocenters. The zero-order valence-electron chi connectivity index (χ0n) is 15.9. The van der Waals surface area contributed by atoms with Crippen LogP contribution in [0.15, 0.2) is 72.9 Å². The highest BCUT2D eigenvalue weighted by atomic mass is 28.3. The third kappa shape index (κ3) is 3.96. The van der Waals surface area contributed by atoms with E-state index in [1.54, 1.807) is 0 Å². The summed E-state index contributed by atoms with van der Waals surface area (Å²) in [6.07, 6.45) is 0.328. The van der Waals surface area contributed by atoms with Crippen molar-refractivity contribution < 1.29 is 2.74 Å². The molecule has 1 heterocycles. The average molecular weight is 320 g/mol. The predicted octanol–water partition coefficient (Wildman–Crippen LogP) is 4.88. The van der Waals surface area contributed by atoms with E-state index in [0.29, 0.717) is 11.1 Å². The molecule has 0 aliphatic carbocycles. The maximum atomic E-state index is 8.56. The fourth-order valence-electron chi connectivity index (χ4n) is 2.50. The van der Waals surface area contributed by atoms with E-state index in [9.17, 15) is 0 Å². The lowest BCUT2D eigenvalue weighted by Crippen LogP contribution is -2.37. The Hall–Kier alpha value is -2.19. The van der Waals surface area contributed by atoms with Crippen LogP contribution in [-0.2, 0) is 6.37 Å².